The van der Waals surface area contributed by atoms with E-state index in [1.165, 1.54) is 0 Å². The van der Waals surface area contributed by atoms with Crippen LogP contribution in [0.5, 0.6) is 0 Å². The molecule has 0 bridgehead atoms. The minimum Gasteiger partial charge on any atom is -0.460 e. The summed E-state index contributed by atoms with van der Waals surface area (Å²) < 4.78 is 11.0. The number of halogens is 1. The van der Waals surface area contributed by atoms with E-state index in [4.69, 9.17) is 9.26 Å². The maximum atomic E-state index is 13.0. The molecule has 0 aliphatic carbocycles. The number of nitrogens with zero attached hydrogens (tertiary/aromatic N) is 1. The number of benzene rings is 2. The van der Waals surface area contributed by atoms with E-state index in [-0.39, 0.29) is 23.7 Å². The number of hydrogen-bond donors (Lipinski definition) is 0. The van der Waals surface area contributed by atoms with Crippen molar-refractivity contribution in [3.05, 3.63) is 76.0 Å². The highest BCUT2D eigenvalue weighted by atomic mass is 79.9. The maximum Gasteiger partial charge on any atom is 0.377 e. The lowest BCUT2D eigenvalue weighted by Crippen LogP contribution is -2.11. The lowest BCUT2D eigenvalue weighted by atomic mass is 9.98. The molecule has 0 aliphatic rings. The molecule has 3 rings (SSSR count). The third-order valence-electron chi connectivity index (χ3n) is 3.51. The number of rotatable bonds is 5. The first-order chi connectivity index (χ1) is 12.1. The zero-order valence-electron chi connectivity index (χ0n) is 13.4. The Morgan fingerprint density at radius 1 is 1.12 bits per heavy atom. The lowest BCUT2D eigenvalue weighted by molar-refractivity contribution is 0.0476. The molecule has 1 heterocycles. The van der Waals surface area contributed by atoms with E-state index >= 15 is 0 Å². The monoisotopic (exact) mass is 399 g/mol. The summed E-state index contributed by atoms with van der Waals surface area (Å²) in [6.07, 6.45) is 0. The molecule has 0 aliphatic heterocycles. The molecule has 0 N–H and O–H groups in total. The van der Waals surface area contributed by atoms with Crippen molar-refractivity contribution in [1.29, 1.82) is 0 Å². The molecular formula is C19H14BrNO4. The normalized spacial score (nSPS) is 10.5. The van der Waals surface area contributed by atoms with Crippen LogP contribution in [-0.2, 0) is 4.74 Å². The predicted octanol–water partition coefficient (Wildman–Crippen LogP) is 4.51. The van der Waals surface area contributed by atoms with Crippen molar-refractivity contribution >= 4 is 27.7 Å². The summed E-state index contributed by atoms with van der Waals surface area (Å²) in [4.78, 5) is 25.2. The van der Waals surface area contributed by atoms with Crippen LogP contribution in [0.3, 0.4) is 0 Å². The molecule has 25 heavy (non-hydrogen) atoms. The summed E-state index contributed by atoms with van der Waals surface area (Å²) in [7, 11) is 0. The molecule has 0 saturated heterocycles. The number of ketones is 1. The molecule has 126 valence electrons. The summed E-state index contributed by atoms with van der Waals surface area (Å²) in [6.45, 7) is 1.85. The second-order valence-electron chi connectivity index (χ2n) is 5.16. The topological polar surface area (TPSA) is 69.4 Å². The zero-order chi connectivity index (χ0) is 17.8. The van der Waals surface area contributed by atoms with E-state index in [9.17, 15) is 9.59 Å². The fraction of sp³-hybridized carbons (Fsp3) is 0.105. The van der Waals surface area contributed by atoms with Gasteiger partial charge in [-0.15, -0.1) is 0 Å². The highest BCUT2D eigenvalue weighted by molar-refractivity contribution is 9.10. The second-order valence-corrected chi connectivity index (χ2v) is 6.08. The average molecular weight is 400 g/mol. The number of hydrogen-bond acceptors (Lipinski definition) is 5. The lowest BCUT2D eigenvalue weighted by Gasteiger charge is -2.04. The first-order valence-corrected chi connectivity index (χ1v) is 8.43. The molecule has 1 aromatic heterocycles. The highest BCUT2D eigenvalue weighted by Gasteiger charge is 2.30. The number of ether oxygens (including phenoxy) is 1. The standard InChI is InChI=1S/C19H14BrNO4/c1-2-24-19(23)18-15(17(22)12-7-4-3-5-8-12)16(21-25-18)13-9-6-10-14(20)11-13/h3-11H,2H2,1H3. The van der Waals surface area contributed by atoms with Gasteiger partial charge in [0.25, 0.3) is 5.76 Å². The fourth-order valence-electron chi connectivity index (χ4n) is 2.40. The van der Waals surface area contributed by atoms with Gasteiger partial charge in [-0.25, -0.2) is 4.79 Å². The van der Waals surface area contributed by atoms with Gasteiger partial charge in [0.05, 0.1) is 6.61 Å². The maximum absolute atomic E-state index is 13.0. The van der Waals surface area contributed by atoms with Gasteiger partial charge in [0.2, 0.25) is 0 Å². The van der Waals surface area contributed by atoms with E-state index in [2.05, 4.69) is 21.1 Å². The van der Waals surface area contributed by atoms with Gasteiger partial charge < -0.3 is 9.26 Å². The largest absolute Gasteiger partial charge is 0.460 e. The van der Waals surface area contributed by atoms with Crippen LogP contribution >= 0.6 is 15.9 Å². The van der Waals surface area contributed by atoms with Crippen molar-refractivity contribution in [1.82, 2.24) is 5.16 Å². The summed E-state index contributed by atoms with van der Waals surface area (Å²) in [5.41, 5.74) is 1.50. The minimum atomic E-state index is -0.712. The number of carbonyl (C=O) groups excluding carboxylic acids is 2. The second kappa shape index (κ2) is 7.44. The smallest absolute Gasteiger partial charge is 0.377 e. The minimum absolute atomic E-state index is 0.0998. The van der Waals surface area contributed by atoms with Crippen LogP contribution in [0.15, 0.2) is 63.6 Å². The van der Waals surface area contributed by atoms with Crippen LogP contribution in [-0.4, -0.2) is 23.5 Å². The van der Waals surface area contributed by atoms with Crippen molar-refractivity contribution < 1.29 is 18.8 Å². The molecule has 0 unspecified atom stereocenters. The SMILES string of the molecule is CCOC(=O)c1onc(-c2cccc(Br)c2)c1C(=O)c1ccccc1. The summed E-state index contributed by atoms with van der Waals surface area (Å²) in [5.74, 6) is -1.25. The molecule has 0 fully saturated rings. The fourth-order valence-corrected chi connectivity index (χ4v) is 2.80. The van der Waals surface area contributed by atoms with Crippen molar-refractivity contribution in [2.45, 2.75) is 6.92 Å². The molecule has 0 atom stereocenters. The van der Waals surface area contributed by atoms with Gasteiger partial charge in [-0.1, -0.05) is 63.6 Å². The van der Waals surface area contributed by atoms with Gasteiger partial charge in [0, 0.05) is 15.6 Å². The van der Waals surface area contributed by atoms with Crippen LogP contribution in [0.25, 0.3) is 11.3 Å². The van der Waals surface area contributed by atoms with Crippen LogP contribution in [0.2, 0.25) is 0 Å². The van der Waals surface area contributed by atoms with Gasteiger partial charge in [-0.05, 0) is 19.1 Å². The molecule has 6 heteroatoms. The average Bonchev–Trinajstić information content (AvgIpc) is 3.07. The van der Waals surface area contributed by atoms with Gasteiger partial charge >= 0.3 is 5.97 Å². The van der Waals surface area contributed by atoms with Crippen LogP contribution in [0.4, 0.5) is 0 Å². The first-order valence-electron chi connectivity index (χ1n) is 7.64. The summed E-state index contributed by atoms with van der Waals surface area (Å²) >= 11 is 3.39. The van der Waals surface area contributed by atoms with E-state index in [1.807, 2.05) is 18.2 Å². The molecular weight excluding hydrogens is 386 g/mol. The van der Waals surface area contributed by atoms with Crippen LogP contribution < -0.4 is 0 Å². The molecule has 0 amide bonds. The Hall–Kier alpha value is -2.73. The number of esters is 1. The Morgan fingerprint density at radius 3 is 2.56 bits per heavy atom. The Morgan fingerprint density at radius 2 is 1.88 bits per heavy atom. The molecule has 3 aromatic rings. The van der Waals surface area contributed by atoms with Gasteiger partial charge in [-0.3, -0.25) is 4.79 Å². The number of aromatic nitrogens is 1. The van der Waals surface area contributed by atoms with Crippen molar-refractivity contribution in [2.24, 2.45) is 0 Å². The Labute approximate surface area is 152 Å². The molecule has 0 saturated carbocycles. The van der Waals surface area contributed by atoms with Gasteiger partial charge in [-0.2, -0.15) is 0 Å². The van der Waals surface area contributed by atoms with E-state index in [0.717, 1.165) is 4.47 Å². The van der Waals surface area contributed by atoms with E-state index in [0.29, 0.717) is 16.8 Å². The Bertz CT molecular complexity index is 918. The Balaban J connectivity index is 2.17. The quantitative estimate of drug-likeness (QED) is 0.466. The van der Waals surface area contributed by atoms with E-state index in [1.54, 1.807) is 43.3 Å². The molecule has 2 aromatic carbocycles. The van der Waals surface area contributed by atoms with Crippen molar-refractivity contribution in [3.8, 4) is 11.3 Å². The first kappa shape index (κ1) is 17.1. The van der Waals surface area contributed by atoms with Gasteiger partial charge in [0.1, 0.15) is 11.3 Å². The van der Waals surface area contributed by atoms with Crippen molar-refractivity contribution in [2.75, 3.05) is 6.61 Å². The molecule has 0 spiro atoms. The molecule has 0 radical (unpaired) electrons. The van der Waals surface area contributed by atoms with E-state index < -0.39 is 5.97 Å². The van der Waals surface area contributed by atoms with Crippen LogP contribution in [0, 0.1) is 0 Å². The number of carbonyl (C=O) groups is 2. The van der Waals surface area contributed by atoms with Gasteiger partial charge in [0.15, 0.2) is 5.78 Å². The van der Waals surface area contributed by atoms with Crippen molar-refractivity contribution in [3.63, 3.8) is 0 Å². The summed E-state index contributed by atoms with van der Waals surface area (Å²) in [6, 6.07) is 15.9. The van der Waals surface area contributed by atoms with Crippen LogP contribution in [0.1, 0.15) is 33.4 Å². The highest BCUT2D eigenvalue weighted by Crippen LogP contribution is 2.30. The predicted molar refractivity (Wildman–Crippen MR) is 95.5 cm³/mol. The molecule has 5 nitrogen and oxygen atoms in total. The summed E-state index contributed by atoms with van der Waals surface area (Å²) in [5, 5.41) is 3.96. The zero-order valence-corrected chi connectivity index (χ0v) is 14.9. The third kappa shape index (κ3) is 3.53. The Kier molecular flexibility index (Phi) is 5.09. The third-order valence-corrected chi connectivity index (χ3v) is 4.01.